The van der Waals surface area contributed by atoms with E-state index in [4.69, 9.17) is 18.9 Å². The Balaban J connectivity index is 3.01. The van der Waals surface area contributed by atoms with Gasteiger partial charge in [0.2, 0.25) is 0 Å². The summed E-state index contributed by atoms with van der Waals surface area (Å²) in [6.45, 7) is 9.76. The van der Waals surface area contributed by atoms with E-state index in [2.05, 4.69) is 27.7 Å². The molecule has 0 aliphatic carbocycles. The van der Waals surface area contributed by atoms with Crippen molar-refractivity contribution in [3.8, 4) is 0 Å². The average molecular weight is 1150 g/mol. The summed E-state index contributed by atoms with van der Waals surface area (Å²) in [5.41, 5.74) is -0.673. The van der Waals surface area contributed by atoms with E-state index in [0.29, 0.717) is 25.7 Å². The van der Waals surface area contributed by atoms with Gasteiger partial charge in [-0.15, -0.1) is 0 Å². The molecular formula is C74H134O8. The Hall–Kier alpha value is -2.90. The van der Waals surface area contributed by atoms with Gasteiger partial charge in [-0.2, -0.15) is 0 Å². The van der Waals surface area contributed by atoms with Crippen molar-refractivity contribution in [3.05, 3.63) is 34.4 Å². The lowest BCUT2D eigenvalue weighted by Crippen LogP contribution is -2.24. The topological polar surface area (TPSA) is 105 Å². The average Bonchev–Trinajstić information content (AvgIpc) is 2.95. The van der Waals surface area contributed by atoms with Gasteiger partial charge >= 0.3 is 23.9 Å². The molecule has 0 saturated carbocycles. The van der Waals surface area contributed by atoms with Gasteiger partial charge in [-0.1, -0.05) is 362 Å². The van der Waals surface area contributed by atoms with Crippen LogP contribution in [0.2, 0.25) is 0 Å². The highest BCUT2D eigenvalue weighted by molar-refractivity contribution is 6.15. The Bertz CT molecular complexity index is 1470. The molecule has 478 valence electrons. The van der Waals surface area contributed by atoms with Gasteiger partial charge in [0.1, 0.15) is 0 Å². The lowest BCUT2D eigenvalue weighted by Gasteiger charge is -2.17. The molecular weight excluding hydrogens is 1020 g/mol. The molecule has 0 radical (unpaired) electrons. The van der Waals surface area contributed by atoms with E-state index < -0.39 is 23.9 Å². The first kappa shape index (κ1) is 77.1. The van der Waals surface area contributed by atoms with Gasteiger partial charge in [0.25, 0.3) is 0 Å². The molecule has 0 heterocycles. The summed E-state index contributed by atoms with van der Waals surface area (Å²) in [6.07, 6.45) is 68.3. The number of hydrogen-bond donors (Lipinski definition) is 0. The van der Waals surface area contributed by atoms with E-state index >= 15 is 0 Å². The molecule has 0 fully saturated rings. The quantitative estimate of drug-likeness (QED) is 0.0361. The van der Waals surface area contributed by atoms with Gasteiger partial charge in [0.15, 0.2) is 0 Å². The number of hydrogen-bond acceptors (Lipinski definition) is 8. The van der Waals surface area contributed by atoms with Crippen LogP contribution in [-0.2, 0) is 18.9 Å². The molecule has 0 aliphatic rings. The fraction of sp³-hybridized carbons (Fsp3) is 0.865. The van der Waals surface area contributed by atoms with Crippen molar-refractivity contribution in [2.24, 2.45) is 0 Å². The molecule has 0 aliphatic heterocycles. The fourth-order valence-electron chi connectivity index (χ4n) is 11.5. The van der Waals surface area contributed by atoms with Crippen molar-refractivity contribution in [1.82, 2.24) is 0 Å². The van der Waals surface area contributed by atoms with Crippen LogP contribution in [0, 0.1) is 0 Å². The molecule has 0 bridgehead atoms. The van der Waals surface area contributed by atoms with Gasteiger partial charge in [-0.25, -0.2) is 19.2 Å². The van der Waals surface area contributed by atoms with Crippen LogP contribution < -0.4 is 0 Å². The summed E-state index contributed by atoms with van der Waals surface area (Å²) in [4.78, 5) is 56.7. The summed E-state index contributed by atoms with van der Waals surface area (Å²) in [5.74, 6) is -3.05. The van der Waals surface area contributed by atoms with Crippen molar-refractivity contribution in [1.29, 1.82) is 0 Å². The smallest absolute Gasteiger partial charge is 0.339 e. The van der Waals surface area contributed by atoms with Gasteiger partial charge in [0, 0.05) is 0 Å². The first-order valence-corrected chi connectivity index (χ1v) is 36.3. The van der Waals surface area contributed by atoms with Crippen molar-refractivity contribution in [2.75, 3.05) is 26.4 Å². The molecule has 1 aromatic carbocycles. The second kappa shape index (κ2) is 61.2. The Kier molecular flexibility index (Phi) is 57.5. The molecule has 1 rings (SSSR count). The van der Waals surface area contributed by atoms with Gasteiger partial charge in [-0.3, -0.25) is 0 Å². The summed E-state index contributed by atoms with van der Waals surface area (Å²) < 4.78 is 23.5. The highest BCUT2D eigenvalue weighted by atomic mass is 16.5. The molecule has 82 heavy (non-hydrogen) atoms. The minimum Gasteiger partial charge on any atom is -0.462 e. The van der Waals surface area contributed by atoms with Crippen LogP contribution in [0.25, 0.3) is 0 Å². The molecule has 0 amide bonds. The first-order valence-electron chi connectivity index (χ1n) is 36.3. The lowest BCUT2D eigenvalue weighted by atomic mass is 9.95. The predicted molar refractivity (Wildman–Crippen MR) is 349 cm³/mol. The summed E-state index contributed by atoms with van der Waals surface area (Å²) >= 11 is 0. The second-order valence-electron chi connectivity index (χ2n) is 24.8. The van der Waals surface area contributed by atoms with E-state index in [1.807, 2.05) is 0 Å². The second-order valence-corrected chi connectivity index (χ2v) is 24.8. The van der Waals surface area contributed by atoms with Crippen molar-refractivity contribution < 1.29 is 38.1 Å². The van der Waals surface area contributed by atoms with Gasteiger partial charge < -0.3 is 18.9 Å². The SMILES string of the molecule is CCCCCCCCCCCCCCCCOC(=O)c1ccc(C(=O)OCCCCCCCCCCCCCCCC)c(C(=O)OCCCCCCCCCCCCCCCC)c1C(=O)OCCCCCCCCCCCCCCCC. The van der Waals surface area contributed by atoms with Crippen LogP contribution >= 0.6 is 0 Å². The number of carbonyl (C=O) groups excluding carboxylic acids is 4. The zero-order valence-electron chi connectivity index (χ0n) is 54.8. The molecule has 0 saturated heterocycles. The van der Waals surface area contributed by atoms with Crippen LogP contribution in [0.1, 0.15) is 429 Å². The van der Waals surface area contributed by atoms with Crippen LogP contribution in [-0.4, -0.2) is 50.3 Å². The van der Waals surface area contributed by atoms with Crippen molar-refractivity contribution in [2.45, 2.75) is 387 Å². The summed E-state index contributed by atoms with van der Waals surface area (Å²) in [7, 11) is 0. The van der Waals surface area contributed by atoms with Crippen LogP contribution in [0.5, 0.6) is 0 Å². The molecule has 8 nitrogen and oxygen atoms in total. The molecule has 0 aromatic heterocycles. The number of rotatable bonds is 64. The predicted octanol–water partition coefficient (Wildman–Crippen LogP) is 24.2. The summed E-state index contributed by atoms with van der Waals surface area (Å²) in [6, 6.07) is 2.87. The van der Waals surface area contributed by atoms with Gasteiger partial charge in [0.05, 0.1) is 48.7 Å². The van der Waals surface area contributed by atoms with E-state index in [1.165, 1.54) is 282 Å². The van der Waals surface area contributed by atoms with E-state index in [0.717, 1.165) is 64.2 Å². The third kappa shape index (κ3) is 46.4. The number of esters is 4. The maximum absolute atomic E-state index is 14.3. The maximum Gasteiger partial charge on any atom is 0.339 e. The van der Waals surface area contributed by atoms with E-state index in [1.54, 1.807) is 0 Å². The molecule has 1 aromatic rings. The molecule has 0 spiro atoms. The lowest BCUT2D eigenvalue weighted by molar-refractivity contribution is 0.0415. The number of unbranched alkanes of at least 4 members (excludes halogenated alkanes) is 52. The molecule has 0 atom stereocenters. The van der Waals surface area contributed by atoms with Crippen LogP contribution in [0.15, 0.2) is 12.1 Å². The van der Waals surface area contributed by atoms with Crippen molar-refractivity contribution >= 4 is 23.9 Å². The number of carbonyl (C=O) groups is 4. The highest BCUT2D eigenvalue weighted by Gasteiger charge is 2.33. The third-order valence-electron chi connectivity index (χ3n) is 17.0. The van der Waals surface area contributed by atoms with Gasteiger partial charge in [-0.05, 0) is 37.8 Å². The Labute approximate surface area is 507 Å². The maximum atomic E-state index is 14.3. The minimum absolute atomic E-state index is 0.0803. The third-order valence-corrected chi connectivity index (χ3v) is 17.0. The van der Waals surface area contributed by atoms with Crippen molar-refractivity contribution in [3.63, 3.8) is 0 Å². The zero-order valence-corrected chi connectivity index (χ0v) is 54.8. The van der Waals surface area contributed by atoms with Crippen LogP contribution in [0.3, 0.4) is 0 Å². The Morgan fingerprint density at radius 2 is 0.341 bits per heavy atom. The normalized spacial score (nSPS) is 11.4. The Morgan fingerprint density at radius 1 is 0.207 bits per heavy atom. The zero-order chi connectivity index (χ0) is 59.3. The molecule has 8 heteroatoms. The fourth-order valence-corrected chi connectivity index (χ4v) is 11.5. The highest BCUT2D eigenvalue weighted by Crippen LogP contribution is 2.26. The first-order chi connectivity index (χ1) is 40.4. The van der Waals surface area contributed by atoms with E-state index in [-0.39, 0.29) is 48.7 Å². The largest absolute Gasteiger partial charge is 0.462 e. The molecule has 0 unspecified atom stereocenters. The van der Waals surface area contributed by atoms with Crippen LogP contribution in [0.4, 0.5) is 0 Å². The molecule has 0 N–H and O–H groups in total. The standard InChI is InChI=1S/C74H134O8/c1-5-9-13-17-21-25-29-33-37-41-45-49-53-57-63-79-71(75)67-61-62-68(72(76)80-64-58-54-50-46-42-38-34-30-26-22-18-14-10-6-2)70(74(78)82-66-60-56-52-48-44-40-36-32-28-24-20-16-12-8-4)69(67)73(77)81-65-59-55-51-47-43-39-35-31-27-23-19-15-11-7-3/h61-62H,5-60,63-66H2,1-4H3. The van der Waals surface area contributed by atoms with E-state index in [9.17, 15) is 19.2 Å². The summed E-state index contributed by atoms with van der Waals surface area (Å²) in [5, 5.41) is 0. The Morgan fingerprint density at radius 3 is 0.500 bits per heavy atom. The number of benzene rings is 1. The minimum atomic E-state index is -0.816. The number of ether oxygens (including phenoxy) is 4. The monoisotopic (exact) mass is 1150 g/mol.